The molecule has 0 aromatic carbocycles. The molecule has 99 valence electrons. The Bertz CT molecular complexity index is 176. The van der Waals surface area contributed by atoms with Crippen LogP contribution >= 0.6 is 0 Å². The monoisotopic (exact) mass is 235 g/mol. The summed E-state index contributed by atoms with van der Waals surface area (Å²) in [5.41, 5.74) is 0. The fraction of sp³-hybridized carbons (Fsp3) is 0.706. The first-order chi connectivity index (χ1) is 8.41. The summed E-state index contributed by atoms with van der Waals surface area (Å²) in [5, 5.41) is 0. The van der Waals surface area contributed by atoms with E-state index >= 15 is 0 Å². The van der Waals surface area contributed by atoms with Crippen LogP contribution in [0.5, 0.6) is 0 Å². The van der Waals surface area contributed by atoms with Gasteiger partial charge in [-0.1, -0.05) is 63.8 Å². The van der Waals surface area contributed by atoms with E-state index in [0.717, 1.165) is 6.42 Å². The molecule has 17 heavy (non-hydrogen) atoms. The molecular formula is C17H31. The van der Waals surface area contributed by atoms with Crippen LogP contribution in [0.4, 0.5) is 0 Å². The normalized spacial score (nSPS) is 11.9. The van der Waals surface area contributed by atoms with E-state index in [4.69, 9.17) is 0 Å². The van der Waals surface area contributed by atoms with Crippen molar-refractivity contribution in [3.05, 3.63) is 31.2 Å². The molecule has 0 heteroatoms. The van der Waals surface area contributed by atoms with Crippen molar-refractivity contribution >= 4 is 0 Å². The largest absolute Gasteiger partial charge is 0.0885 e. The molecule has 0 aliphatic heterocycles. The third-order valence-corrected chi connectivity index (χ3v) is 2.90. The zero-order chi connectivity index (χ0) is 12.6. The van der Waals surface area contributed by atoms with E-state index in [2.05, 4.69) is 38.2 Å². The number of hydrogen-bond donors (Lipinski definition) is 0. The minimum atomic E-state index is 1.08. The molecule has 0 unspecified atom stereocenters. The SMILES string of the molecule is [CH2]CCCC/C=C/CCCCC/C=C/CCC. The van der Waals surface area contributed by atoms with E-state index in [9.17, 15) is 0 Å². The standard InChI is InChI=1S/C17H31/c1-3-5-7-9-11-13-15-17-16-14-12-10-8-6-4-2/h8,10-11,13H,1,3-7,9,12,14-17H2,2H3/b10-8+,13-11+. The summed E-state index contributed by atoms with van der Waals surface area (Å²) in [6.45, 7) is 6.08. The maximum atomic E-state index is 3.85. The number of hydrogen-bond acceptors (Lipinski definition) is 0. The average Bonchev–Trinajstić information content (AvgIpc) is 2.35. The highest BCUT2D eigenvalue weighted by Crippen LogP contribution is 2.06. The van der Waals surface area contributed by atoms with E-state index in [1.165, 1.54) is 64.2 Å². The molecule has 0 saturated carbocycles. The quantitative estimate of drug-likeness (QED) is 0.277. The second kappa shape index (κ2) is 15.5. The Hall–Kier alpha value is -0.520. The van der Waals surface area contributed by atoms with Crippen LogP contribution in [0.25, 0.3) is 0 Å². The lowest BCUT2D eigenvalue weighted by atomic mass is 10.1. The Morgan fingerprint density at radius 3 is 1.59 bits per heavy atom. The summed E-state index contributed by atoms with van der Waals surface area (Å²) < 4.78 is 0. The van der Waals surface area contributed by atoms with Crippen molar-refractivity contribution in [1.82, 2.24) is 0 Å². The van der Waals surface area contributed by atoms with Gasteiger partial charge in [0.05, 0.1) is 0 Å². The van der Waals surface area contributed by atoms with E-state index < -0.39 is 0 Å². The van der Waals surface area contributed by atoms with Crippen molar-refractivity contribution in [2.45, 2.75) is 77.6 Å². The fourth-order valence-electron chi connectivity index (χ4n) is 1.78. The maximum Gasteiger partial charge on any atom is -0.0351 e. The van der Waals surface area contributed by atoms with Gasteiger partial charge in [0.2, 0.25) is 0 Å². The van der Waals surface area contributed by atoms with Crippen molar-refractivity contribution in [3.8, 4) is 0 Å². The van der Waals surface area contributed by atoms with Crippen molar-refractivity contribution in [2.75, 3.05) is 0 Å². The van der Waals surface area contributed by atoms with Gasteiger partial charge in [0.15, 0.2) is 0 Å². The van der Waals surface area contributed by atoms with Gasteiger partial charge in [-0.05, 0) is 44.9 Å². The molecule has 0 aliphatic rings. The van der Waals surface area contributed by atoms with Crippen molar-refractivity contribution in [2.24, 2.45) is 0 Å². The highest BCUT2D eigenvalue weighted by Gasteiger charge is 1.86. The second-order valence-corrected chi connectivity index (χ2v) is 4.72. The minimum absolute atomic E-state index is 1.08. The molecule has 0 N–H and O–H groups in total. The Balaban J connectivity index is 3.07. The molecule has 0 spiro atoms. The van der Waals surface area contributed by atoms with Crippen LogP contribution in [0.15, 0.2) is 24.3 Å². The third-order valence-electron chi connectivity index (χ3n) is 2.90. The summed E-state index contributed by atoms with van der Waals surface area (Å²) in [6.07, 6.45) is 23.4. The predicted molar refractivity (Wildman–Crippen MR) is 80.1 cm³/mol. The number of unbranched alkanes of at least 4 members (excludes halogenated alkanes) is 8. The van der Waals surface area contributed by atoms with Crippen LogP contribution in [0, 0.1) is 6.92 Å². The third kappa shape index (κ3) is 15.5. The highest BCUT2D eigenvalue weighted by molar-refractivity contribution is 4.82. The molecule has 0 nitrogen and oxygen atoms in total. The zero-order valence-corrected chi connectivity index (χ0v) is 11.8. The van der Waals surface area contributed by atoms with Crippen LogP contribution in [0.2, 0.25) is 0 Å². The van der Waals surface area contributed by atoms with Gasteiger partial charge in [-0.2, -0.15) is 0 Å². The molecular weight excluding hydrogens is 204 g/mol. The van der Waals surface area contributed by atoms with Crippen LogP contribution in [-0.2, 0) is 0 Å². The molecule has 0 rings (SSSR count). The fourth-order valence-corrected chi connectivity index (χ4v) is 1.78. The van der Waals surface area contributed by atoms with E-state index in [0.29, 0.717) is 0 Å². The van der Waals surface area contributed by atoms with Crippen molar-refractivity contribution in [1.29, 1.82) is 0 Å². The summed E-state index contributed by atoms with van der Waals surface area (Å²) in [5.74, 6) is 0. The summed E-state index contributed by atoms with van der Waals surface area (Å²) in [6, 6.07) is 0. The van der Waals surface area contributed by atoms with Gasteiger partial charge < -0.3 is 0 Å². The highest BCUT2D eigenvalue weighted by atomic mass is 13.9. The average molecular weight is 235 g/mol. The summed E-state index contributed by atoms with van der Waals surface area (Å²) >= 11 is 0. The van der Waals surface area contributed by atoms with E-state index in [1.807, 2.05) is 0 Å². The van der Waals surface area contributed by atoms with Gasteiger partial charge in [0.25, 0.3) is 0 Å². The Labute approximate surface area is 109 Å². The molecule has 0 heterocycles. The van der Waals surface area contributed by atoms with E-state index in [-0.39, 0.29) is 0 Å². The smallest absolute Gasteiger partial charge is 0.0351 e. The lowest BCUT2D eigenvalue weighted by Gasteiger charge is -1.96. The molecule has 0 aliphatic carbocycles. The molecule has 0 fully saturated rings. The lowest BCUT2D eigenvalue weighted by Crippen LogP contribution is -1.76. The minimum Gasteiger partial charge on any atom is -0.0885 e. The van der Waals surface area contributed by atoms with Gasteiger partial charge in [-0.25, -0.2) is 0 Å². The van der Waals surface area contributed by atoms with Crippen molar-refractivity contribution < 1.29 is 0 Å². The molecule has 0 bridgehead atoms. The summed E-state index contributed by atoms with van der Waals surface area (Å²) in [7, 11) is 0. The van der Waals surface area contributed by atoms with Crippen molar-refractivity contribution in [3.63, 3.8) is 0 Å². The molecule has 0 aromatic rings. The lowest BCUT2D eigenvalue weighted by molar-refractivity contribution is 0.692. The Morgan fingerprint density at radius 2 is 1.12 bits per heavy atom. The van der Waals surface area contributed by atoms with Crippen LogP contribution < -0.4 is 0 Å². The zero-order valence-electron chi connectivity index (χ0n) is 11.8. The van der Waals surface area contributed by atoms with Gasteiger partial charge in [0, 0.05) is 0 Å². The van der Waals surface area contributed by atoms with Gasteiger partial charge in [-0.3, -0.25) is 0 Å². The topological polar surface area (TPSA) is 0 Å². The van der Waals surface area contributed by atoms with Crippen LogP contribution in [-0.4, -0.2) is 0 Å². The molecule has 0 atom stereocenters. The molecule has 0 aromatic heterocycles. The Kier molecular flexibility index (Phi) is 15.0. The van der Waals surface area contributed by atoms with Crippen LogP contribution in [0.1, 0.15) is 77.6 Å². The van der Waals surface area contributed by atoms with Gasteiger partial charge >= 0.3 is 0 Å². The van der Waals surface area contributed by atoms with Gasteiger partial charge in [0.1, 0.15) is 0 Å². The maximum absolute atomic E-state index is 3.85. The van der Waals surface area contributed by atoms with Crippen LogP contribution in [0.3, 0.4) is 0 Å². The first kappa shape index (κ1) is 16.5. The Morgan fingerprint density at radius 1 is 0.647 bits per heavy atom. The summed E-state index contributed by atoms with van der Waals surface area (Å²) in [4.78, 5) is 0. The van der Waals surface area contributed by atoms with E-state index in [1.54, 1.807) is 0 Å². The predicted octanol–water partition coefficient (Wildman–Crippen LogP) is 6.24. The molecule has 0 amide bonds. The molecule has 0 saturated heterocycles. The van der Waals surface area contributed by atoms with Gasteiger partial charge in [-0.15, -0.1) is 0 Å². The number of rotatable bonds is 12. The second-order valence-electron chi connectivity index (χ2n) is 4.72. The number of allylic oxidation sites excluding steroid dienone is 4. The first-order valence-corrected chi connectivity index (χ1v) is 7.51. The first-order valence-electron chi connectivity index (χ1n) is 7.51. The molecule has 1 radical (unpaired) electrons.